The first kappa shape index (κ1) is 21.0. The van der Waals surface area contributed by atoms with Gasteiger partial charge in [-0.3, -0.25) is 4.31 Å². The molecule has 24 heavy (non-hydrogen) atoms. The highest BCUT2D eigenvalue weighted by atomic mass is 32.2. The Hall–Kier alpha value is 0.704. The van der Waals surface area contributed by atoms with Crippen molar-refractivity contribution in [3.05, 3.63) is 0 Å². The molecule has 0 atom stereocenters. The lowest BCUT2D eigenvalue weighted by Crippen LogP contribution is -2.50. The van der Waals surface area contributed by atoms with Crippen molar-refractivity contribution >= 4 is 28.1 Å². The highest BCUT2D eigenvalue weighted by molar-refractivity contribution is 7.96. The van der Waals surface area contributed by atoms with E-state index in [1.54, 1.807) is 12.1 Å². The second-order valence-electron chi connectivity index (χ2n) is 10.0. The first-order chi connectivity index (χ1) is 11.2. The van der Waals surface area contributed by atoms with Gasteiger partial charge >= 0.3 is 0 Å². The molecule has 2 fully saturated rings. The Morgan fingerprint density at radius 1 is 1.00 bits per heavy atom. The van der Waals surface area contributed by atoms with E-state index < -0.39 is 16.1 Å². The van der Waals surface area contributed by atoms with Gasteiger partial charge in [0.1, 0.15) is 0 Å². The molecule has 2 aliphatic heterocycles. The number of hydrogen-bond donors (Lipinski definition) is 1. The standard InChI is InChI=1S/C19H42N2SSi2/c1-17(2)20-19-9-13-24(6,14-10-19)16-21(22-3)15-18-7-11-23(4,5)12-8-18/h17-20H,7-16H2,1-6H3. The molecule has 2 heterocycles. The fourth-order valence-corrected chi connectivity index (χ4v) is 12.7. The molecule has 0 saturated carbocycles. The molecule has 1 N–H and O–H groups in total. The lowest BCUT2D eigenvalue weighted by atomic mass is 10.0. The summed E-state index contributed by atoms with van der Waals surface area (Å²) in [7, 11) is -1.85. The smallest absolute Gasteiger partial charge is 0.0673 e. The molecule has 2 rings (SSSR count). The first-order valence-corrected chi connectivity index (χ1v) is 18.0. The molecule has 0 aromatic heterocycles. The molecule has 0 bridgehead atoms. The van der Waals surface area contributed by atoms with Gasteiger partial charge in [0.2, 0.25) is 0 Å². The zero-order chi connectivity index (χ0) is 17.8. The summed E-state index contributed by atoms with van der Waals surface area (Å²) in [5, 5.41) is 3.77. The number of rotatable bonds is 7. The number of nitrogens with zero attached hydrogens (tertiary/aromatic N) is 1. The molecule has 0 spiro atoms. The first-order valence-electron chi connectivity index (χ1n) is 10.3. The summed E-state index contributed by atoms with van der Waals surface area (Å²) in [6.45, 7) is 13.8. The highest BCUT2D eigenvalue weighted by Crippen LogP contribution is 2.35. The molecular weight excluding hydrogens is 344 g/mol. The van der Waals surface area contributed by atoms with Crippen LogP contribution in [0.4, 0.5) is 0 Å². The predicted molar refractivity (Wildman–Crippen MR) is 117 cm³/mol. The van der Waals surface area contributed by atoms with Gasteiger partial charge in [0.15, 0.2) is 0 Å². The minimum atomic E-state index is -1.05. The van der Waals surface area contributed by atoms with Crippen molar-refractivity contribution < 1.29 is 0 Å². The van der Waals surface area contributed by atoms with E-state index >= 15 is 0 Å². The van der Waals surface area contributed by atoms with Gasteiger partial charge in [-0.05, 0) is 25.0 Å². The summed E-state index contributed by atoms with van der Waals surface area (Å²) < 4.78 is 2.77. The van der Waals surface area contributed by atoms with E-state index in [1.807, 2.05) is 11.9 Å². The monoisotopic (exact) mass is 386 g/mol. The third kappa shape index (κ3) is 6.78. The largest absolute Gasteiger partial charge is 0.312 e. The van der Waals surface area contributed by atoms with Crippen LogP contribution in [0, 0.1) is 5.92 Å². The van der Waals surface area contributed by atoms with Gasteiger partial charge in [-0.25, -0.2) is 0 Å². The van der Waals surface area contributed by atoms with Gasteiger partial charge in [-0.2, -0.15) is 0 Å². The summed E-state index contributed by atoms with van der Waals surface area (Å²) in [4.78, 5) is 0. The van der Waals surface area contributed by atoms with Crippen LogP contribution in [0.2, 0.25) is 43.8 Å². The van der Waals surface area contributed by atoms with Gasteiger partial charge in [0, 0.05) is 32.9 Å². The summed E-state index contributed by atoms with van der Waals surface area (Å²) in [6, 6.07) is 7.62. The second kappa shape index (κ2) is 9.07. The van der Waals surface area contributed by atoms with Crippen LogP contribution in [0.3, 0.4) is 0 Å². The van der Waals surface area contributed by atoms with Crippen LogP contribution < -0.4 is 5.32 Å². The Kier molecular flexibility index (Phi) is 7.94. The molecule has 0 unspecified atom stereocenters. The summed E-state index contributed by atoms with van der Waals surface area (Å²) in [5.41, 5.74) is 0. The van der Waals surface area contributed by atoms with E-state index in [4.69, 9.17) is 0 Å². The SMILES string of the molecule is CSN(CC1CC[Si](C)(C)CC1)C[Si]1(C)CCC(NC(C)C)CC1. The van der Waals surface area contributed by atoms with Crippen LogP contribution in [-0.4, -0.2) is 51.5 Å². The molecule has 2 aliphatic rings. The molecule has 5 heteroatoms. The maximum Gasteiger partial charge on any atom is 0.0673 e. The fourth-order valence-electron chi connectivity index (χ4n) is 4.67. The van der Waals surface area contributed by atoms with Gasteiger partial charge in [0.05, 0.1) is 8.07 Å². The van der Waals surface area contributed by atoms with Crippen molar-refractivity contribution in [2.75, 3.05) is 19.0 Å². The molecule has 2 nitrogen and oxygen atoms in total. The number of nitrogens with one attached hydrogen (secondary N) is 1. The topological polar surface area (TPSA) is 15.3 Å². The van der Waals surface area contributed by atoms with Crippen LogP contribution in [0.25, 0.3) is 0 Å². The third-order valence-electron chi connectivity index (χ3n) is 6.50. The zero-order valence-corrected chi connectivity index (χ0v) is 20.0. The van der Waals surface area contributed by atoms with Crippen molar-refractivity contribution in [1.82, 2.24) is 9.62 Å². The van der Waals surface area contributed by atoms with E-state index in [0.29, 0.717) is 6.04 Å². The van der Waals surface area contributed by atoms with Crippen molar-refractivity contribution in [3.8, 4) is 0 Å². The van der Waals surface area contributed by atoms with Gasteiger partial charge in [-0.15, -0.1) is 0 Å². The maximum atomic E-state index is 3.77. The fraction of sp³-hybridized carbons (Fsp3) is 1.00. The van der Waals surface area contributed by atoms with Crippen LogP contribution in [-0.2, 0) is 0 Å². The second-order valence-corrected chi connectivity index (χ2v) is 21.2. The van der Waals surface area contributed by atoms with Crippen LogP contribution in [0.15, 0.2) is 0 Å². The van der Waals surface area contributed by atoms with Gasteiger partial charge in [0.25, 0.3) is 0 Å². The van der Waals surface area contributed by atoms with Crippen molar-refractivity contribution in [2.24, 2.45) is 5.92 Å². The zero-order valence-electron chi connectivity index (χ0n) is 17.2. The lowest BCUT2D eigenvalue weighted by molar-refractivity contribution is 0.364. The Morgan fingerprint density at radius 3 is 2.08 bits per heavy atom. The van der Waals surface area contributed by atoms with E-state index in [2.05, 4.69) is 49.4 Å². The quantitative estimate of drug-likeness (QED) is 0.462. The van der Waals surface area contributed by atoms with Crippen molar-refractivity contribution in [2.45, 2.75) is 95.4 Å². The van der Waals surface area contributed by atoms with Crippen LogP contribution in [0.5, 0.6) is 0 Å². The molecule has 2 saturated heterocycles. The molecule has 0 radical (unpaired) electrons. The van der Waals surface area contributed by atoms with Crippen LogP contribution >= 0.6 is 11.9 Å². The van der Waals surface area contributed by atoms with Gasteiger partial charge in [-0.1, -0.05) is 82.5 Å². The normalized spacial score (nSPS) is 31.8. The van der Waals surface area contributed by atoms with Crippen LogP contribution in [0.1, 0.15) is 39.5 Å². The molecule has 0 amide bonds. The van der Waals surface area contributed by atoms with E-state index in [0.717, 1.165) is 12.0 Å². The van der Waals surface area contributed by atoms with Crippen molar-refractivity contribution in [1.29, 1.82) is 0 Å². The molecule has 0 aromatic rings. The Balaban J connectivity index is 1.78. The highest BCUT2D eigenvalue weighted by Gasteiger charge is 2.36. The van der Waals surface area contributed by atoms with Crippen molar-refractivity contribution in [3.63, 3.8) is 0 Å². The van der Waals surface area contributed by atoms with E-state index in [9.17, 15) is 0 Å². The molecule has 142 valence electrons. The minimum Gasteiger partial charge on any atom is -0.312 e. The summed E-state index contributed by atoms with van der Waals surface area (Å²) >= 11 is 2.03. The van der Waals surface area contributed by atoms with E-state index in [-0.39, 0.29) is 0 Å². The van der Waals surface area contributed by atoms with Gasteiger partial charge < -0.3 is 5.32 Å². The molecule has 0 aliphatic carbocycles. The maximum absolute atomic E-state index is 3.77. The number of hydrogen-bond acceptors (Lipinski definition) is 3. The Morgan fingerprint density at radius 2 is 1.58 bits per heavy atom. The Bertz CT molecular complexity index is 372. The minimum absolute atomic E-state index is 0.642. The average molecular weight is 387 g/mol. The summed E-state index contributed by atoms with van der Waals surface area (Å²) in [6.07, 6.45) is 9.60. The van der Waals surface area contributed by atoms with E-state index in [1.165, 1.54) is 50.5 Å². The molecule has 0 aromatic carbocycles. The predicted octanol–water partition coefficient (Wildman–Crippen LogP) is 5.46. The average Bonchev–Trinajstić information content (AvgIpc) is 2.51. The summed E-state index contributed by atoms with van der Waals surface area (Å²) in [5.74, 6) is 0.981. The molecular formula is C19H42N2SSi2. The lowest BCUT2D eigenvalue weighted by Gasteiger charge is -2.41. The third-order valence-corrected chi connectivity index (χ3v) is 14.9. The Labute approximate surface area is 158 Å².